The molecule has 0 amide bonds. The number of allylic oxidation sites excluding steroid dienone is 1. The van der Waals surface area contributed by atoms with Gasteiger partial charge < -0.3 is 4.89 Å². The monoisotopic (exact) mass is 87.0 g/mol. The summed E-state index contributed by atoms with van der Waals surface area (Å²) in [6, 6.07) is 0. The summed E-state index contributed by atoms with van der Waals surface area (Å²) in [4.78, 5) is 3.35. The minimum atomic E-state index is 0.849. The first-order valence-corrected chi connectivity index (χ1v) is 1.85. The van der Waals surface area contributed by atoms with Crippen LogP contribution in [0.1, 0.15) is 13.3 Å². The van der Waals surface area contributed by atoms with Crippen molar-refractivity contribution in [1.29, 1.82) is 0 Å². The Kier molecular flexibility index (Phi) is 4.12. The van der Waals surface area contributed by atoms with Gasteiger partial charge in [-0.2, -0.15) is 0 Å². The fraction of sp³-hybridized carbons (Fsp3) is 0.500. The molecular formula is C4H7O2. The van der Waals surface area contributed by atoms with E-state index in [1.165, 1.54) is 0 Å². The van der Waals surface area contributed by atoms with Crippen LogP contribution in [0.3, 0.4) is 0 Å². The molecule has 0 N–H and O–H groups in total. The molecule has 35 valence electrons. The Bertz CT molecular complexity index is 34.8. The molecule has 0 rings (SSSR count). The Morgan fingerprint density at radius 3 is 2.67 bits per heavy atom. The molecule has 0 saturated heterocycles. The molecule has 0 fully saturated rings. The smallest absolute Gasteiger partial charge is 0.129 e. The largest absolute Gasteiger partial charge is 0.314 e. The lowest BCUT2D eigenvalue weighted by molar-refractivity contribution is -0.254. The van der Waals surface area contributed by atoms with E-state index in [0.717, 1.165) is 12.7 Å². The molecule has 0 aromatic heterocycles. The molecule has 0 bridgehead atoms. The minimum Gasteiger partial charge on any atom is -0.314 e. The van der Waals surface area contributed by atoms with Gasteiger partial charge in [-0.3, -0.25) is 0 Å². The standard InChI is InChI=1S/C4H7O2/c1-2-3-4-6-5/h3-4H,2H2,1H3/b4-3+. The summed E-state index contributed by atoms with van der Waals surface area (Å²) in [5.74, 6) is 0. The van der Waals surface area contributed by atoms with E-state index < -0.39 is 0 Å². The molecule has 0 spiro atoms. The summed E-state index contributed by atoms with van der Waals surface area (Å²) in [7, 11) is 0. The molecule has 0 aliphatic rings. The average Bonchev–Trinajstić information content (AvgIpc) is 1.61. The van der Waals surface area contributed by atoms with Crippen LogP contribution in [0.25, 0.3) is 0 Å². The number of hydrogen-bond donors (Lipinski definition) is 0. The van der Waals surface area contributed by atoms with Crippen LogP contribution in [-0.4, -0.2) is 0 Å². The molecule has 0 aromatic rings. The molecule has 1 radical (unpaired) electrons. The third-order valence-corrected chi connectivity index (χ3v) is 0.387. The first-order chi connectivity index (χ1) is 2.91. The maximum absolute atomic E-state index is 9.10. The summed E-state index contributed by atoms with van der Waals surface area (Å²) in [5.41, 5.74) is 0. The van der Waals surface area contributed by atoms with E-state index >= 15 is 0 Å². The van der Waals surface area contributed by atoms with Crippen LogP contribution in [0.5, 0.6) is 0 Å². The van der Waals surface area contributed by atoms with E-state index in [1.54, 1.807) is 6.08 Å². The Hall–Kier alpha value is -0.500. The van der Waals surface area contributed by atoms with Crippen molar-refractivity contribution in [3.8, 4) is 0 Å². The molecular weight excluding hydrogens is 80.0 g/mol. The van der Waals surface area contributed by atoms with Crippen molar-refractivity contribution in [1.82, 2.24) is 0 Å². The molecule has 6 heavy (non-hydrogen) atoms. The van der Waals surface area contributed by atoms with Gasteiger partial charge in [0.25, 0.3) is 0 Å². The van der Waals surface area contributed by atoms with Crippen molar-refractivity contribution >= 4 is 0 Å². The first-order valence-electron chi connectivity index (χ1n) is 1.85. The summed E-state index contributed by atoms with van der Waals surface area (Å²) in [5, 5.41) is 9.10. The molecule has 0 atom stereocenters. The normalized spacial score (nSPS) is 9.67. The fourth-order valence-corrected chi connectivity index (χ4v) is 0.136. The lowest BCUT2D eigenvalue weighted by Crippen LogP contribution is -1.59. The van der Waals surface area contributed by atoms with Crippen LogP contribution >= 0.6 is 0 Å². The molecule has 0 aliphatic carbocycles. The predicted molar refractivity (Wildman–Crippen MR) is 21.2 cm³/mol. The van der Waals surface area contributed by atoms with Gasteiger partial charge in [-0.1, -0.05) is 6.92 Å². The van der Waals surface area contributed by atoms with Gasteiger partial charge in [0.2, 0.25) is 0 Å². The topological polar surface area (TPSA) is 29.1 Å². The van der Waals surface area contributed by atoms with Crippen LogP contribution < -0.4 is 0 Å². The van der Waals surface area contributed by atoms with Crippen molar-refractivity contribution in [2.75, 3.05) is 0 Å². The second-order valence-corrected chi connectivity index (χ2v) is 0.876. The Balaban J connectivity index is 2.73. The van der Waals surface area contributed by atoms with Gasteiger partial charge in [0.05, 0.1) is 0 Å². The van der Waals surface area contributed by atoms with Crippen molar-refractivity contribution in [2.45, 2.75) is 13.3 Å². The number of hydrogen-bond acceptors (Lipinski definition) is 1. The van der Waals surface area contributed by atoms with Gasteiger partial charge in [-0.15, -0.1) is 0 Å². The fourth-order valence-electron chi connectivity index (χ4n) is 0.136. The lowest BCUT2D eigenvalue weighted by Gasteiger charge is -1.72. The van der Waals surface area contributed by atoms with Gasteiger partial charge in [0.1, 0.15) is 6.26 Å². The van der Waals surface area contributed by atoms with Crippen LogP contribution in [0.15, 0.2) is 12.3 Å². The lowest BCUT2D eigenvalue weighted by atomic mass is 10.5. The Labute approximate surface area is 37.0 Å². The minimum absolute atomic E-state index is 0.849. The van der Waals surface area contributed by atoms with Crippen molar-refractivity contribution in [3.63, 3.8) is 0 Å². The highest BCUT2D eigenvalue weighted by Crippen LogP contribution is 1.76. The first kappa shape index (κ1) is 5.50. The highest BCUT2D eigenvalue weighted by atomic mass is 17.1. The summed E-state index contributed by atoms with van der Waals surface area (Å²) >= 11 is 0. The van der Waals surface area contributed by atoms with Crippen molar-refractivity contribution < 1.29 is 10.1 Å². The van der Waals surface area contributed by atoms with E-state index in [1.807, 2.05) is 6.92 Å². The van der Waals surface area contributed by atoms with Crippen molar-refractivity contribution in [2.24, 2.45) is 0 Å². The van der Waals surface area contributed by atoms with Gasteiger partial charge in [0, 0.05) is 5.26 Å². The summed E-state index contributed by atoms with van der Waals surface area (Å²) in [6.07, 6.45) is 3.62. The SMILES string of the molecule is CC/C=C/O[O]. The summed E-state index contributed by atoms with van der Waals surface area (Å²) in [6.45, 7) is 1.93. The Morgan fingerprint density at radius 1 is 1.83 bits per heavy atom. The summed E-state index contributed by atoms with van der Waals surface area (Å²) < 4.78 is 0. The molecule has 0 aromatic carbocycles. The second-order valence-electron chi connectivity index (χ2n) is 0.876. The van der Waals surface area contributed by atoms with Crippen LogP contribution in [0.4, 0.5) is 0 Å². The second kappa shape index (κ2) is 4.50. The van der Waals surface area contributed by atoms with Gasteiger partial charge in [-0.25, -0.2) is 0 Å². The molecule has 0 aliphatic heterocycles. The maximum atomic E-state index is 9.10. The third-order valence-electron chi connectivity index (χ3n) is 0.387. The van der Waals surface area contributed by atoms with E-state index in [2.05, 4.69) is 4.89 Å². The average molecular weight is 87.1 g/mol. The predicted octanol–water partition coefficient (Wildman–Crippen LogP) is 1.27. The van der Waals surface area contributed by atoms with Crippen LogP contribution in [0, 0.1) is 0 Å². The number of rotatable bonds is 2. The van der Waals surface area contributed by atoms with Gasteiger partial charge in [-0.05, 0) is 12.5 Å². The molecule has 2 heteroatoms. The molecule has 0 unspecified atom stereocenters. The highest BCUT2D eigenvalue weighted by Gasteiger charge is 1.61. The quantitative estimate of drug-likeness (QED) is 0.283. The zero-order valence-corrected chi connectivity index (χ0v) is 3.68. The van der Waals surface area contributed by atoms with E-state index in [-0.39, 0.29) is 0 Å². The van der Waals surface area contributed by atoms with E-state index in [0.29, 0.717) is 0 Å². The van der Waals surface area contributed by atoms with Gasteiger partial charge >= 0.3 is 0 Å². The van der Waals surface area contributed by atoms with Crippen LogP contribution in [-0.2, 0) is 10.1 Å². The molecule has 0 heterocycles. The maximum Gasteiger partial charge on any atom is 0.129 e. The van der Waals surface area contributed by atoms with Crippen LogP contribution in [0.2, 0.25) is 0 Å². The zero-order chi connectivity index (χ0) is 4.83. The van der Waals surface area contributed by atoms with Gasteiger partial charge in [0.15, 0.2) is 0 Å². The van der Waals surface area contributed by atoms with E-state index in [4.69, 9.17) is 5.26 Å². The van der Waals surface area contributed by atoms with Crippen molar-refractivity contribution in [3.05, 3.63) is 12.3 Å². The highest BCUT2D eigenvalue weighted by molar-refractivity contribution is 4.68. The molecule has 0 saturated carbocycles. The molecule has 2 nitrogen and oxygen atoms in total. The third kappa shape index (κ3) is 3.50. The zero-order valence-electron chi connectivity index (χ0n) is 3.68. The Morgan fingerprint density at radius 2 is 2.50 bits per heavy atom. The van der Waals surface area contributed by atoms with E-state index in [9.17, 15) is 0 Å².